The maximum atomic E-state index is 4.70. The van der Waals surface area contributed by atoms with E-state index in [1.54, 1.807) is 0 Å². The van der Waals surface area contributed by atoms with E-state index >= 15 is 0 Å². The van der Waals surface area contributed by atoms with Crippen LogP contribution < -0.4 is 0 Å². The highest BCUT2D eigenvalue weighted by Crippen LogP contribution is 2.16. The summed E-state index contributed by atoms with van der Waals surface area (Å²) >= 11 is 0. The number of rotatable bonds is 14. The lowest BCUT2D eigenvalue weighted by atomic mass is 10.2. The molecule has 186 valence electrons. The number of aryl methyl sites for hydroxylation is 4. The summed E-state index contributed by atoms with van der Waals surface area (Å²) in [5, 5.41) is 9.40. The molecule has 1 aliphatic rings. The van der Waals surface area contributed by atoms with Crippen molar-refractivity contribution in [2.24, 2.45) is 0 Å². The number of hydrogen-bond acceptors (Lipinski definition) is 4. The second kappa shape index (κ2) is 13.9. The summed E-state index contributed by atoms with van der Waals surface area (Å²) in [7, 11) is 0. The van der Waals surface area contributed by atoms with Crippen molar-refractivity contribution >= 4 is 0 Å². The molecule has 0 atom stereocenters. The summed E-state index contributed by atoms with van der Waals surface area (Å²) in [6.07, 6.45) is 13.5. The Morgan fingerprint density at radius 1 is 0.727 bits per heavy atom. The van der Waals surface area contributed by atoms with Gasteiger partial charge in [-0.05, 0) is 104 Å². The van der Waals surface area contributed by atoms with Gasteiger partial charge in [0, 0.05) is 24.2 Å². The molecule has 1 saturated heterocycles. The van der Waals surface area contributed by atoms with E-state index in [-0.39, 0.29) is 0 Å². The first-order valence-electron chi connectivity index (χ1n) is 13.7. The molecular formula is C27H48N6. The minimum Gasteiger partial charge on any atom is -0.303 e. The summed E-state index contributed by atoms with van der Waals surface area (Å²) in [5.41, 5.74) is 2.50. The Balaban J connectivity index is 1.66. The second-order valence-corrected chi connectivity index (χ2v) is 9.93. The zero-order valence-electron chi connectivity index (χ0n) is 21.9. The molecule has 6 heteroatoms. The van der Waals surface area contributed by atoms with Crippen molar-refractivity contribution in [3.63, 3.8) is 0 Å². The van der Waals surface area contributed by atoms with Gasteiger partial charge in [-0.25, -0.2) is 4.68 Å². The average Bonchev–Trinajstić information content (AvgIpc) is 3.22. The third kappa shape index (κ3) is 7.68. The van der Waals surface area contributed by atoms with E-state index in [0.29, 0.717) is 0 Å². The van der Waals surface area contributed by atoms with E-state index < -0.39 is 0 Å². The lowest BCUT2D eigenvalue weighted by Gasteiger charge is -2.22. The SMILES string of the molecule is CCCCN(CCC)CCCc1nnc(CCCN2CCCCCC2)n1-n1c(C)ccc1C. The Morgan fingerprint density at radius 2 is 1.33 bits per heavy atom. The first-order chi connectivity index (χ1) is 16.1. The van der Waals surface area contributed by atoms with Crippen LogP contribution in [0.1, 0.15) is 94.7 Å². The van der Waals surface area contributed by atoms with Gasteiger partial charge in [-0.3, -0.25) is 4.68 Å². The average molecular weight is 457 g/mol. The van der Waals surface area contributed by atoms with Crippen LogP contribution in [0.25, 0.3) is 0 Å². The Bertz CT molecular complexity index is 780. The fraction of sp³-hybridized carbons (Fsp3) is 0.778. The maximum Gasteiger partial charge on any atom is 0.153 e. The lowest BCUT2D eigenvalue weighted by Crippen LogP contribution is -2.28. The standard InChI is InChI=1S/C27H48N6/c1-5-7-19-30(18-6-2)22-12-14-26-28-29-27(33(26)32-24(3)16-17-25(32)4)15-13-23-31-20-10-8-9-11-21-31/h16-17H,5-15,18-23H2,1-4H3. The molecule has 0 N–H and O–H groups in total. The van der Waals surface area contributed by atoms with Crippen molar-refractivity contribution in [3.05, 3.63) is 35.2 Å². The number of unbranched alkanes of at least 4 members (excludes halogenated alkanes) is 1. The highest BCUT2D eigenvalue weighted by molar-refractivity contribution is 5.16. The van der Waals surface area contributed by atoms with E-state index in [1.165, 1.54) is 89.1 Å². The van der Waals surface area contributed by atoms with Crippen LogP contribution in [-0.2, 0) is 12.8 Å². The quantitative estimate of drug-likeness (QED) is 0.389. The Kier molecular flexibility index (Phi) is 10.9. The molecule has 33 heavy (non-hydrogen) atoms. The summed E-state index contributed by atoms with van der Waals surface area (Å²) in [4.78, 5) is 5.28. The van der Waals surface area contributed by atoms with Gasteiger partial charge >= 0.3 is 0 Å². The summed E-state index contributed by atoms with van der Waals surface area (Å²) in [5.74, 6) is 2.22. The molecule has 0 bridgehead atoms. The van der Waals surface area contributed by atoms with Crippen LogP contribution in [0.2, 0.25) is 0 Å². The van der Waals surface area contributed by atoms with Crippen molar-refractivity contribution in [1.29, 1.82) is 0 Å². The third-order valence-electron chi connectivity index (χ3n) is 7.02. The normalized spacial score (nSPS) is 15.4. The Morgan fingerprint density at radius 3 is 1.94 bits per heavy atom. The molecular weight excluding hydrogens is 408 g/mol. The molecule has 1 fully saturated rings. The van der Waals surface area contributed by atoms with Gasteiger partial charge in [0.1, 0.15) is 0 Å². The minimum atomic E-state index is 0.975. The van der Waals surface area contributed by atoms with Gasteiger partial charge in [0.2, 0.25) is 0 Å². The highest BCUT2D eigenvalue weighted by atomic mass is 15.5. The molecule has 3 rings (SSSR count). The predicted octanol–water partition coefficient (Wildman–Crippen LogP) is 5.26. The van der Waals surface area contributed by atoms with Crippen molar-refractivity contribution in [2.75, 3.05) is 39.3 Å². The second-order valence-electron chi connectivity index (χ2n) is 9.93. The van der Waals surface area contributed by atoms with Crippen molar-refractivity contribution < 1.29 is 0 Å². The van der Waals surface area contributed by atoms with Gasteiger partial charge in [-0.2, -0.15) is 0 Å². The Hall–Kier alpha value is -1.66. The topological polar surface area (TPSA) is 42.1 Å². The van der Waals surface area contributed by atoms with Crippen molar-refractivity contribution in [2.45, 2.75) is 98.3 Å². The predicted molar refractivity (Wildman–Crippen MR) is 138 cm³/mol. The smallest absolute Gasteiger partial charge is 0.153 e. The van der Waals surface area contributed by atoms with Gasteiger partial charge in [-0.15, -0.1) is 10.2 Å². The highest BCUT2D eigenvalue weighted by Gasteiger charge is 2.17. The molecule has 3 heterocycles. The molecule has 0 saturated carbocycles. The fourth-order valence-corrected chi connectivity index (χ4v) is 5.18. The van der Waals surface area contributed by atoms with Crippen LogP contribution in [0, 0.1) is 13.8 Å². The molecule has 0 radical (unpaired) electrons. The van der Waals surface area contributed by atoms with E-state index in [1.807, 2.05) is 0 Å². The lowest BCUT2D eigenvalue weighted by molar-refractivity contribution is 0.265. The molecule has 2 aromatic heterocycles. The fourth-order valence-electron chi connectivity index (χ4n) is 5.18. The van der Waals surface area contributed by atoms with E-state index in [4.69, 9.17) is 10.2 Å². The third-order valence-corrected chi connectivity index (χ3v) is 7.02. The summed E-state index contributed by atoms with van der Waals surface area (Å²) < 4.78 is 4.64. The van der Waals surface area contributed by atoms with Gasteiger partial charge < -0.3 is 9.80 Å². The Labute approximate surface area is 202 Å². The first kappa shape index (κ1) is 26.0. The number of nitrogens with zero attached hydrogens (tertiary/aromatic N) is 6. The number of aromatic nitrogens is 4. The molecule has 6 nitrogen and oxygen atoms in total. The summed E-state index contributed by atoms with van der Waals surface area (Å²) in [6, 6.07) is 4.40. The zero-order chi connectivity index (χ0) is 23.5. The van der Waals surface area contributed by atoms with Crippen LogP contribution in [0.5, 0.6) is 0 Å². The van der Waals surface area contributed by atoms with Gasteiger partial charge in [0.15, 0.2) is 11.6 Å². The summed E-state index contributed by atoms with van der Waals surface area (Å²) in [6.45, 7) is 16.2. The monoisotopic (exact) mass is 456 g/mol. The maximum absolute atomic E-state index is 4.70. The van der Waals surface area contributed by atoms with Crippen LogP contribution >= 0.6 is 0 Å². The molecule has 1 aliphatic heterocycles. The van der Waals surface area contributed by atoms with E-state index in [0.717, 1.165) is 43.9 Å². The van der Waals surface area contributed by atoms with Crippen LogP contribution in [-0.4, -0.2) is 68.6 Å². The minimum absolute atomic E-state index is 0.975. The van der Waals surface area contributed by atoms with Crippen LogP contribution in [0.15, 0.2) is 12.1 Å². The van der Waals surface area contributed by atoms with Crippen molar-refractivity contribution in [3.8, 4) is 0 Å². The number of hydrogen-bond donors (Lipinski definition) is 0. The molecule has 2 aromatic rings. The molecule has 0 aromatic carbocycles. The largest absolute Gasteiger partial charge is 0.303 e. The first-order valence-corrected chi connectivity index (χ1v) is 13.7. The van der Waals surface area contributed by atoms with Crippen LogP contribution in [0.3, 0.4) is 0 Å². The number of likely N-dealkylation sites (tertiary alicyclic amines) is 1. The van der Waals surface area contributed by atoms with Crippen molar-refractivity contribution in [1.82, 2.24) is 29.3 Å². The molecule has 0 amide bonds. The van der Waals surface area contributed by atoms with Crippen LogP contribution in [0.4, 0.5) is 0 Å². The molecule has 0 unspecified atom stereocenters. The van der Waals surface area contributed by atoms with Gasteiger partial charge in [-0.1, -0.05) is 33.1 Å². The van der Waals surface area contributed by atoms with E-state index in [9.17, 15) is 0 Å². The molecule has 0 spiro atoms. The van der Waals surface area contributed by atoms with Gasteiger partial charge in [0.25, 0.3) is 0 Å². The zero-order valence-corrected chi connectivity index (χ0v) is 21.9. The van der Waals surface area contributed by atoms with E-state index in [2.05, 4.69) is 59.0 Å². The molecule has 0 aliphatic carbocycles. The van der Waals surface area contributed by atoms with Gasteiger partial charge in [0.05, 0.1) is 0 Å².